The number of carbonyl (C=O) groups excluding carboxylic acids is 6. The smallest absolute Gasteiger partial charge is 0.315 e. The lowest BCUT2D eigenvalue weighted by Crippen LogP contribution is -2.36. The van der Waals surface area contributed by atoms with Crippen LogP contribution in [0.15, 0.2) is 0 Å². The van der Waals surface area contributed by atoms with E-state index >= 15 is 0 Å². The number of rotatable bonds is 30. The van der Waals surface area contributed by atoms with Gasteiger partial charge < -0.3 is 36.6 Å². The number of ketones is 2. The summed E-state index contributed by atoms with van der Waals surface area (Å²) in [6, 6.07) is 0.855. The van der Waals surface area contributed by atoms with Crippen LogP contribution in [-0.2, 0) is 23.9 Å². The van der Waals surface area contributed by atoms with Crippen LogP contribution in [0.25, 0.3) is 0 Å². The molecule has 4 aliphatic heterocycles. The highest BCUT2D eigenvalue weighted by Gasteiger charge is 2.43. The van der Waals surface area contributed by atoms with Crippen LogP contribution in [0.3, 0.4) is 0 Å². The van der Waals surface area contributed by atoms with Crippen LogP contribution >= 0.6 is 23.5 Å². The monoisotopic (exact) mass is 780 g/mol. The third-order valence-electron chi connectivity index (χ3n) is 10.6. The van der Waals surface area contributed by atoms with Crippen molar-refractivity contribution in [2.45, 2.75) is 163 Å². The first kappa shape index (κ1) is 43.2. The van der Waals surface area contributed by atoms with E-state index in [2.05, 4.69) is 31.9 Å². The molecule has 0 aliphatic carbocycles. The Morgan fingerprint density at radius 1 is 0.528 bits per heavy atom. The highest BCUT2D eigenvalue weighted by molar-refractivity contribution is 8.00. The third kappa shape index (κ3) is 16.8. The fraction of sp³-hybridized carbons (Fsp3) is 0.842. The van der Waals surface area contributed by atoms with Gasteiger partial charge in [-0.1, -0.05) is 38.5 Å². The molecule has 0 aromatic carbocycles. The fourth-order valence-corrected chi connectivity index (χ4v) is 10.7. The maximum absolute atomic E-state index is 12.2. The van der Waals surface area contributed by atoms with E-state index in [1.807, 2.05) is 23.5 Å². The summed E-state index contributed by atoms with van der Waals surface area (Å²) in [6.07, 6.45) is 16.5. The summed E-state index contributed by atoms with van der Waals surface area (Å²) in [5.74, 6) is 2.59. The van der Waals surface area contributed by atoms with Crippen molar-refractivity contribution in [1.82, 2.24) is 31.9 Å². The molecule has 4 fully saturated rings. The summed E-state index contributed by atoms with van der Waals surface area (Å²) in [7, 11) is 0. The van der Waals surface area contributed by atoms with Gasteiger partial charge in [0, 0.05) is 73.6 Å². The Kier molecular flexibility index (Phi) is 20.2. The quantitative estimate of drug-likeness (QED) is 0.0451. The zero-order valence-corrected chi connectivity index (χ0v) is 33.2. The molecule has 15 heteroatoms. The average Bonchev–Trinajstić information content (AvgIpc) is 3.89. The van der Waals surface area contributed by atoms with Crippen LogP contribution in [0, 0.1) is 0 Å². The van der Waals surface area contributed by atoms with E-state index in [1.54, 1.807) is 0 Å². The second-order valence-corrected chi connectivity index (χ2v) is 17.5. The van der Waals surface area contributed by atoms with E-state index < -0.39 is 0 Å². The summed E-state index contributed by atoms with van der Waals surface area (Å²) >= 11 is 3.83. The van der Waals surface area contributed by atoms with Crippen LogP contribution in [0.1, 0.15) is 128 Å². The predicted molar refractivity (Wildman–Crippen MR) is 210 cm³/mol. The Morgan fingerprint density at radius 3 is 1.32 bits per heavy atom. The van der Waals surface area contributed by atoms with Gasteiger partial charge in [0.05, 0.1) is 37.4 Å². The molecule has 6 amide bonds. The molecular weight excluding hydrogens is 717 g/mol. The van der Waals surface area contributed by atoms with E-state index in [9.17, 15) is 28.8 Å². The number of hydrogen-bond donors (Lipinski definition) is 6. The van der Waals surface area contributed by atoms with E-state index in [0.29, 0.717) is 86.9 Å². The minimum absolute atomic E-state index is 0.00841. The van der Waals surface area contributed by atoms with Crippen molar-refractivity contribution in [2.75, 3.05) is 37.8 Å². The van der Waals surface area contributed by atoms with Crippen LogP contribution in [0.2, 0.25) is 0 Å². The van der Waals surface area contributed by atoms with Gasteiger partial charge >= 0.3 is 12.1 Å². The van der Waals surface area contributed by atoms with Gasteiger partial charge in [-0.2, -0.15) is 23.5 Å². The van der Waals surface area contributed by atoms with Gasteiger partial charge in [0.2, 0.25) is 11.8 Å². The molecule has 0 bridgehead atoms. The number of unbranched alkanes of at least 4 members (excludes halogenated alkanes) is 8. The van der Waals surface area contributed by atoms with E-state index in [-0.39, 0.29) is 48.0 Å². The van der Waals surface area contributed by atoms with Gasteiger partial charge in [0.1, 0.15) is 11.6 Å². The van der Waals surface area contributed by atoms with Gasteiger partial charge in [0.15, 0.2) is 0 Å². The second-order valence-electron chi connectivity index (χ2n) is 15.0. The molecule has 13 nitrogen and oxygen atoms in total. The first-order valence-electron chi connectivity index (χ1n) is 20.3. The topological polar surface area (TPSA) is 184 Å². The maximum atomic E-state index is 12.2. The molecule has 300 valence electrons. The standard InChI is InChI=1S/C38H64N6O7S2/c45-27(15-9-11-17-31-35-29(25-52-31)41-37(49)43-35)13-5-1-3-7-19-33(47)39-21-23-51-24-22-40-34(48)20-8-4-2-6-14-28(46)16-10-12-18-32-36-30(26-53-32)42-38(50)44-36/h29-32,35-36H,1-26H2,(H,39,47)(H,40,48)(H2,41,43,49)(H2,42,44,50)/t29-,30-,31-,32-,35-,36-/m0/s1. The Hall–Kier alpha value is -2.52. The van der Waals surface area contributed by atoms with E-state index in [1.165, 1.54) is 0 Å². The molecule has 0 aromatic rings. The first-order valence-corrected chi connectivity index (χ1v) is 22.4. The molecule has 4 rings (SSSR count). The number of nitrogens with one attached hydrogen (secondary N) is 6. The molecule has 53 heavy (non-hydrogen) atoms. The fourth-order valence-electron chi connectivity index (χ4n) is 7.60. The normalized spacial score (nSPS) is 24.2. The Morgan fingerprint density at radius 2 is 0.906 bits per heavy atom. The summed E-state index contributed by atoms with van der Waals surface area (Å²) < 4.78 is 5.53. The number of ether oxygens (including phenoxy) is 1. The highest BCUT2D eigenvalue weighted by atomic mass is 32.2. The van der Waals surface area contributed by atoms with Crippen LogP contribution in [-0.4, -0.2) is 108 Å². The molecule has 0 spiro atoms. The summed E-state index contributed by atoms with van der Waals surface area (Å²) in [5, 5.41) is 18.6. The summed E-state index contributed by atoms with van der Waals surface area (Å²) in [6.45, 7) is 1.67. The zero-order chi connectivity index (χ0) is 37.7. The van der Waals surface area contributed by atoms with Gasteiger partial charge in [-0.3, -0.25) is 19.2 Å². The van der Waals surface area contributed by atoms with E-state index in [0.717, 1.165) is 101 Å². The van der Waals surface area contributed by atoms with Crippen molar-refractivity contribution in [2.24, 2.45) is 0 Å². The number of urea groups is 2. The van der Waals surface area contributed by atoms with Gasteiger partial charge in [0.25, 0.3) is 0 Å². The Balaban J connectivity index is 0.825. The van der Waals surface area contributed by atoms with Gasteiger partial charge in [-0.05, 0) is 51.4 Å². The van der Waals surface area contributed by atoms with Crippen molar-refractivity contribution in [3.05, 3.63) is 0 Å². The summed E-state index contributed by atoms with van der Waals surface area (Å²) in [4.78, 5) is 71.6. The third-order valence-corrected chi connectivity index (χ3v) is 13.6. The molecule has 0 aromatic heterocycles. The Bertz CT molecular complexity index is 1110. The molecule has 4 heterocycles. The molecule has 4 aliphatic rings. The minimum atomic E-state index is -0.0553. The van der Waals surface area contributed by atoms with Crippen LogP contribution in [0.4, 0.5) is 9.59 Å². The predicted octanol–water partition coefficient (Wildman–Crippen LogP) is 4.51. The van der Waals surface area contributed by atoms with Crippen LogP contribution in [0.5, 0.6) is 0 Å². The van der Waals surface area contributed by atoms with E-state index in [4.69, 9.17) is 4.74 Å². The highest BCUT2D eigenvalue weighted by Crippen LogP contribution is 2.34. The molecule has 0 saturated carbocycles. The number of hydrogen-bond acceptors (Lipinski definition) is 9. The lowest BCUT2D eigenvalue weighted by Gasteiger charge is -2.16. The number of thioether (sulfide) groups is 2. The van der Waals surface area contributed by atoms with Gasteiger partial charge in [-0.25, -0.2) is 9.59 Å². The Labute approximate surface area is 324 Å². The molecular formula is C38H64N6O7S2. The molecule has 4 saturated heterocycles. The maximum Gasteiger partial charge on any atom is 0.315 e. The van der Waals surface area contributed by atoms with Crippen LogP contribution < -0.4 is 31.9 Å². The minimum Gasteiger partial charge on any atom is -0.378 e. The number of fused-ring (bicyclic) bond motifs is 2. The number of Topliss-reactive ketones (excluding diaryl/α,β-unsaturated/α-hetero) is 2. The van der Waals surface area contributed by atoms with Crippen molar-refractivity contribution in [3.63, 3.8) is 0 Å². The number of amides is 6. The zero-order valence-electron chi connectivity index (χ0n) is 31.5. The first-order chi connectivity index (χ1) is 25.8. The van der Waals surface area contributed by atoms with Crippen molar-refractivity contribution >= 4 is 59.0 Å². The SMILES string of the molecule is O=C(CCCCCCC(=O)NCCOCCNC(=O)CCCCCCC(=O)CCCC[C@@H]1SC[C@@H]2NC(=O)N[C@@H]21)CCCC[C@@H]1SC[C@@H]2NC(=O)N[C@@H]21. The van der Waals surface area contributed by atoms with Crippen molar-refractivity contribution in [1.29, 1.82) is 0 Å². The molecule has 0 unspecified atom stereocenters. The largest absolute Gasteiger partial charge is 0.378 e. The molecule has 0 radical (unpaired) electrons. The summed E-state index contributed by atoms with van der Waals surface area (Å²) in [5.41, 5.74) is 0. The lowest BCUT2D eigenvalue weighted by atomic mass is 10.0. The lowest BCUT2D eigenvalue weighted by molar-refractivity contribution is -0.122. The number of carbonyl (C=O) groups is 6. The van der Waals surface area contributed by atoms with Gasteiger partial charge in [-0.15, -0.1) is 0 Å². The molecule has 6 atom stereocenters. The second kappa shape index (κ2) is 24.8. The van der Waals surface area contributed by atoms with Crippen molar-refractivity contribution < 1.29 is 33.5 Å². The average molecular weight is 781 g/mol. The molecule has 6 N–H and O–H groups in total. The van der Waals surface area contributed by atoms with Crippen molar-refractivity contribution in [3.8, 4) is 0 Å².